The molecule has 0 unspecified atom stereocenters. The Hall–Kier alpha value is -0.303. The van der Waals surface area contributed by atoms with E-state index in [-0.39, 0.29) is 0 Å². The van der Waals surface area contributed by atoms with Crippen molar-refractivity contribution in [3.05, 3.63) is 22.9 Å². The zero-order chi connectivity index (χ0) is 11.6. The van der Waals surface area contributed by atoms with Crippen LogP contribution in [0.4, 0.5) is 0 Å². The fourth-order valence-corrected chi connectivity index (χ4v) is 5.06. The third-order valence-corrected chi connectivity index (χ3v) is 6.12. The molecule has 2 atom stereocenters. The van der Waals surface area contributed by atoms with Crippen LogP contribution in [0.2, 0.25) is 19.6 Å². The quantitative estimate of drug-likeness (QED) is 0.465. The number of rotatable bonds is 2. The summed E-state index contributed by atoms with van der Waals surface area (Å²) in [5.41, 5.74) is 1.70. The summed E-state index contributed by atoms with van der Waals surface area (Å²) in [5, 5.41) is 1.82. The Bertz CT molecular complexity index is 278. The lowest BCUT2D eigenvalue weighted by Crippen LogP contribution is -2.31. The molecule has 0 radical (unpaired) electrons. The van der Waals surface area contributed by atoms with E-state index in [4.69, 9.17) is 0 Å². The molecule has 1 aliphatic carbocycles. The van der Waals surface area contributed by atoms with Crippen LogP contribution >= 0.6 is 0 Å². The Labute approximate surface area is 96.5 Å². The number of hydrogen-bond acceptors (Lipinski definition) is 0. The van der Waals surface area contributed by atoms with Crippen LogP contribution < -0.4 is 0 Å². The Morgan fingerprint density at radius 1 is 1.27 bits per heavy atom. The maximum Gasteiger partial charge on any atom is 0.0724 e. The van der Waals surface area contributed by atoms with Gasteiger partial charge >= 0.3 is 0 Å². The van der Waals surface area contributed by atoms with Crippen molar-refractivity contribution in [2.75, 3.05) is 0 Å². The average molecular weight is 222 g/mol. The van der Waals surface area contributed by atoms with Crippen molar-refractivity contribution in [2.24, 2.45) is 11.8 Å². The smallest absolute Gasteiger partial charge is 0.0724 e. The molecule has 0 saturated heterocycles. The fourth-order valence-electron chi connectivity index (χ4n) is 2.75. The van der Waals surface area contributed by atoms with Gasteiger partial charge in [0.15, 0.2) is 0 Å². The molecule has 0 spiro atoms. The zero-order valence-corrected chi connectivity index (χ0v) is 12.2. The van der Waals surface area contributed by atoms with Gasteiger partial charge in [-0.15, -0.1) is 0 Å². The van der Waals surface area contributed by atoms with E-state index in [1.807, 2.05) is 5.20 Å². The van der Waals surface area contributed by atoms with Gasteiger partial charge < -0.3 is 0 Å². The third kappa shape index (κ3) is 3.07. The highest BCUT2D eigenvalue weighted by Gasteiger charge is 2.29. The first-order valence-corrected chi connectivity index (χ1v) is 9.69. The Kier molecular flexibility index (Phi) is 3.99. The first-order chi connectivity index (χ1) is 6.86. The van der Waals surface area contributed by atoms with Crippen LogP contribution in [0.5, 0.6) is 0 Å². The van der Waals surface area contributed by atoms with Gasteiger partial charge in [-0.3, -0.25) is 0 Å². The largest absolute Gasteiger partial charge is 0.0914 e. The zero-order valence-electron chi connectivity index (χ0n) is 11.2. The molecule has 0 aromatic heterocycles. The number of hydrogen-bond donors (Lipinski definition) is 0. The van der Waals surface area contributed by atoms with Gasteiger partial charge in [0.1, 0.15) is 0 Å². The molecule has 1 aliphatic rings. The van der Waals surface area contributed by atoms with Crippen LogP contribution in [0, 0.1) is 11.8 Å². The second-order valence-electron chi connectivity index (χ2n) is 6.04. The van der Waals surface area contributed by atoms with Crippen LogP contribution in [0.1, 0.15) is 33.6 Å². The Morgan fingerprint density at radius 2 is 1.87 bits per heavy atom. The van der Waals surface area contributed by atoms with E-state index in [1.165, 1.54) is 12.8 Å². The normalized spacial score (nSPS) is 28.9. The molecule has 1 rings (SSSR count). The van der Waals surface area contributed by atoms with Gasteiger partial charge in [-0.2, -0.15) is 0 Å². The van der Waals surface area contributed by atoms with Gasteiger partial charge in [0, 0.05) is 0 Å². The van der Waals surface area contributed by atoms with Crippen molar-refractivity contribution in [3.63, 3.8) is 0 Å². The fraction of sp³-hybridized carbons (Fsp3) is 0.714. The molecular formula is C14H26Si. The van der Waals surface area contributed by atoms with E-state index in [0.717, 1.165) is 11.8 Å². The summed E-state index contributed by atoms with van der Waals surface area (Å²) < 4.78 is 0. The molecule has 0 aromatic carbocycles. The first kappa shape index (κ1) is 12.8. The van der Waals surface area contributed by atoms with Crippen LogP contribution in [0.25, 0.3) is 0 Å². The molecule has 0 bridgehead atoms. The molecule has 0 fully saturated rings. The van der Waals surface area contributed by atoms with Crippen molar-refractivity contribution in [3.8, 4) is 0 Å². The topological polar surface area (TPSA) is 0 Å². The minimum absolute atomic E-state index is 0.793. The lowest BCUT2D eigenvalue weighted by Gasteiger charge is -2.35. The second kappa shape index (κ2) is 4.69. The van der Waals surface area contributed by atoms with Crippen molar-refractivity contribution in [1.82, 2.24) is 0 Å². The molecule has 0 N–H and O–H groups in total. The summed E-state index contributed by atoms with van der Waals surface area (Å²) in [6.45, 7) is 14.4. The van der Waals surface area contributed by atoms with Crippen LogP contribution in [-0.2, 0) is 0 Å². The molecule has 86 valence electrons. The Balaban J connectivity index is 2.96. The van der Waals surface area contributed by atoms with E-state index >= 15 is 0 Å². The van der Waals surface area contributed by atoms with E-state index in [9.17, 15) is 0 Å². The molecule has 15 heavy (non-hydrogen) atoms. The monoisotopic (exact) mass is 222 g/mol. The van der Waals surface area contributed by atoms with Crippen molar-refractivity contribution in [1.29, 1.82) is 0 Å². The molecule has 0 nitrogen and oxygen atoms in total. The molecule has 0 aliphatic heterocycles. The van der Waals surface area contributed by atoms with Crippen LogP contribution in [0.3, 0.4) is 0 Å². The SMILES string of the molecule is C/C=C/[C@H]1CC([Si](C)(C)C)=C(C)[C@H](C)C1. The van der Waals surface area contributed by atoms with Gasteiger partial charge in [0.05, 0.1) is 8.07 Å². The summed E-state index contributed by atoms with van der Waals surface area (Å²) >= 11 is 0. The summed E-state index contributed by atoms with van der Waals surface area (Å²) in [4.78, 5) is 0. The summed E-state index contributed by atoms with van der Waals surface area (Å²) in [7, 11) is -1.09. The minimum Gasteiger partial charge on any atom is -0.0914 e. The highest BCUT2D eigenvalue weighted by molar-refractivity contribution is 6.83. The molecule has 0 saturated carbocycles. The van der Waals surface area contributed by atoms with E-state index in [0.29, 0.717) is 0 Å². The predicted molar refractivity (Wildman–Crippen MR) is 72.7 cm³/mol. The Morgan fingerprint density at radius 3 is 2.33 bits per heavy atom. The van der Waals surface area contributed by atoms with Gasteiger partial charge in [-0.1, -0.05) is 49.5 Å². The maximum atomic E-state index is 2.48. The van der Waals surface area contributed by atoms with Gasteiger partial charge in [-0.25, -0.2) is 0 Å². The van der Waals surface area contributed by atoms with E-state index in [1.54, 1.807) is 5.57 Å². The van der Waals surface area contributed by atoms with Gasteiger partial charge in [0.2, 0.25) is 0 Å². The molecule has 1 heteroatoms. The molecule has 0 amide bonds. The lowest BCUT2D eigenvalue weighted by molar-refractivity contribution is 0.459. The summed E-state index contributed by atoms with van der Waals surface area (Å²) in [5.74, 6) is 1.59. The molecular weight excluding hydrogens is 196 g/mol. The highest BCUT2D eigenvalue weighted by Crippen LogP contribution is 2.38. The third-order valence-electron chi connectivity index (χ3n) is 3.71. The number of allylic oxidation sites excluding steroid dienone is 4. The molecule has 0 aromatic rings. The van der Waals surface area contributed by atoms with Crippen LogP contribution in [-0.4, -0.2) is 8.07 Å². The molecule has 0 heterocycles. The first-order valence-electron chi connectivity index (χ1n) is 6.19. The predicted octanol–water partition coefficient (Wildman–Crippen LogP) is 4.80. The minimum atomic E-state index is -1.09. The summed E-state index contributed by atoms with van der Waals surface area (Å²) in [6, 6.07) is 0. The van der Waals surface area contributed by atoms with E-state index in [2.05, 4.69) is 52.6 Å². The van der Waals surface area contributed by atoms with Crippen molar-refractivity contribution >= 4 is 8.07 Å². The van der Waals surface area contributed by atoms with E-state index < -0.39 is 8.07 Å². The average Bonchev–Trinajstić information content (AvgIpc) is 2.09. The maximum absolute atomic E-state index is 2.48. The van der Waals surface area contributed by atoms with Gasteiger partial charge in [0.25, 0.3) is 0 Å². The standard InChI is InChI=1S/C14H26Si/c1-7-8-13-9-11(2)12(3)14(10-13)15(4,5)6/h7-8,11,13H,9-10H2,1-6H3/b8-7+/t11-,13-/m1/s1. The highest BCUT2D eigenvalue weighted by atomic mass is 28.3. The van der Waals surface area contributed by atoms with Crippen molar-refractivity contribution < 1.29 is 0 Å². The van der Waals surface area contributed by atoms with Gasteiger partial charge in [-0.05, 0) is 38.5 Å². The van der Waals surface area contributed by atoms with Crippen molar-refractivity contribution in [2.45, 2.75) is 53.3 Å². The summed E-state index contributed by atoms with van der Waals surface area (Å²) in [6.07, 6.45) is 7.31. The second-order valence-corrected chi connectivity index (χ2v) is 11.1. The van der Waals surface area contributed by atoms with Crippen LogP contribution in [0.15, 0.2) is 22.9 Å². The lowest BCUT2D eigenvalue weighted by atomic mass is 9.82.